The van der Waals surface area contributed by atoms with Crippen molar-refractivity contribution in [2.75, 3.05) is 6.61 Å². The van der Waals surface area contributed by atoms with Gasteiger partial charge in [-0.25, -0.2) is 4.39 Å². The number of ether oxygens (including phenoxy) is 1. The van der Waals surface area contributed by atoms with E-state index >= 15 is 0 Å². The van der Waals surface area contributed by atoms with Gasteiger partial charge in [-0.3, -0.25) is 0 Å². The van der Waals surface area contributed by atoms with E-state index in [0.717, 1.165) is 24.2 Å². The molecule has 0 aromatic heterocycles. The molecular weight excluding hydrogens is 243 g/mol. The van der Waals surface area contributed by atoms with Gasteiger partial charge < -0.3 is 9.84 Å². The molecule has 0 bridgehead atoms. The first-order chi connectivity index (χ1) is 9.25. The number of aryl methyl sites for hydroxylation is 1. The first kappa shape index (κ1) is 12.2. The van der Waals surface area contributed by atoms with E-state index in [9.17, 15) is 9.50 Å². The Morgan fingerprint density at radius 3 is 2.84 bits per heavy atom. The summed E-state index contributed by atoms with van der Waals surface area (Å²) in [4.78, 5) is 0. The molecule has 0 saturated heterocycles. The number of fused-ring (bicyclic) bond motifs is 1. The van der Waals surface area contributed by atoms with E-state index in [1.54, 1.807) is 12.1 Å². The Morgan fingerprint density at radius 1 is 1.16 bits per heavy atom. The average Bonchev–Trinajstić information content (AvgIpc) is 2.46. The van der Waals surface area contributed by atoms with E-state index in [2.05, 4.69) is 0 Å². The number of rotatable bonds is 2. The monoisotopic (exact) mass is 258 g/mol. The predicted octanol–water partition coefficient (Wildman–Crippen LogP) is 3.23. The van der Waals surface area contributed by atoms with Crippen LogP contribution in [0.3, 0.4) is 0 Å². The number of aliphatic hydroxyl groups is 1. The van der Waals surface area contributed by atoms with E-state index < -0.39 is 6.10 Å². The second-order valence-electron chi connectivity index (χ2n) is 4.75. The zero-order chi connectivity index (χ0) is 13.2. The van der Waals surface area contributed by atoms with Gasteiger partial charge in [0.15, 0.2) is 0 Å². The molecule has 1 atom stereocenters. The lowest BCUT2D eigenvalue weighted by Crippen LogP contribution is -2.12. The highest BCUT2D eigenvalue weighted by Crippen LogP contribution is 2.35. The van der Waals surface area contributed by atoms with Gasteiger partial charge in [-0.2, -0.15) is 0 Å². The van der Waals surface area contributed by atoms with Crippen molar-refractivity contribution in [3.05, 3.63) is 65.0 Å². The second kappa shape index (κ2) is 5.02. The Balaban J connectivity index is 2.02. The minimum absolute atomic E-state index is 0.345. The molecule has 1 aliphatic rings. The van der Waals surface area contributed by atoms with Crippen molar-refractivity contribution in [1.82, 2.24) is 0 Å². The van der Waals surface area contributed by atoms with Crippen LogP contribution in [-0.4, -0.2) is 11.7 Å². The van der Waals surface area contributed by atoms with E-state index in [4.69, 9.17) is 4.74 Å². The van der Waals surface area contributed by atoms with Crippen LogP contribution < -0.4 is 4.74 Å². The summed E-state index contributed by atoms with van der Waals surface area (Å²) >= 11 is 0. The summed E-state index contributed by atoms with van der Waals surface area (Å²) in [6, 6.07) is 11.8. The molecule has 0 aliphatic carbocycles. The van der Waals surface area contributed by atoms with Crippen molar-refractivity contribution in [2.24, 2.45) is 0 Å². The number of para-hydroxylation sites is 1. The summed E-state index contributed by atoms with van der Waals surface area (Å²) in [6.45, 7) is 0.667. The van der Waals surface area contributed by atoms with Crippen LogP contribution in [0.15, 0.2) is 42.5 Å². The zero-order valence-electron chi connectivity index (χ0n) is 10.5. The smallest absolute Gasteiger partial charge is 0.128 e. The SMILES string of the molecule is OC(c1cccc(F)c1)c1cccc2c1OCCC2. The summed E-state index contributed by atoms with van der Waals surface area (Å²) in [5, 5.41) is 10.4. The molecule has 3 heteroatoms. The lowest BCUT2D eigenvalue weighted by atomic mass is 9.95. The molecule has 0 saturated carbocycles. The van der Waals surface area contributed by atoms with Gasteiger partial charge >= 0.3 is 0 Å². The number of aliphatic hydroxyl groups excluding tert-OH is 1. The Bertz CT molecular complexity index is 595. The van der Waals surface area contributed by atoms with Crippen molar-refractivity contribution in [3.8, 4) is 5.75 Å². The van der Waals surface area contributed by atoms with Crippen LogP contribution in [0.4, 0.5) is 4.39 Å². The van der Waals surface area contributed by atoms with E-state index in [1.807, 2.05) is 18.2 Å². The van der Waals surface area contributed by atoms with E-state index in [0.29, 0.717) is 17.7 Å². The number of hydrogen-bond acceptors (Lipinski definition) is 2. The average molecular weight is 258 g/mol. The maximum atomic E-state index is 13.2. The van der Waals surface area contributed by atoms with Crippen molar-refractivity contribution < 1.29 is 14.2 Å². The van der Waals surface area contributed by atoms with Crippen molar-refractivity contribution >= 4 is 0 Å². The second-order valence-corrected chi connectivity index (χ2v) is 4.75. The first-order valence-electron chi connectivity index (χ1n) is 6.44. The maximum absolute atomic E-state index is 13.2. The van der Waals surface area contributed by atoms with Crippen molar-refractivity contribution in [3.63, 3.8) is 0 Å². The van der Waals surface area contributed by atoms with Crippen LogP contribution in [0.1, 0.15) is 29.2 Å². The third-order valence-corrected chi connectivity index (χ3v) is 3.42. The molecule has 2 aromatic rings. The lowest BCUT2D eigenvalue weighted by Gasteiger charge is -2.23. The third-order valence-electron chi connectivity index (χ3n) is 3.42. The molecule has 0 amide bonds. The summed E-state index contributed by atoms with van der Waals surface area (Å²) < 4.78 is 18.9. The highest BCUT2D eigenvalue weighted by atomic mass is 19.1. The molecule has 0 radical (unpaired) electrons. The van der Waals surface area contributed by atoms with Gasteiger partial charge in [-0.05, 0) is 36.1 Å². The van der Waals surface area contributed by atoms with Crippen LogP contribution in [-0.2, 0) is 6.42 Å². The van der Waals surface area contributed by atoms with Crippen molar-refractivity contribution in [1.29, 1.82) is 0 Å². The van der Waals surface area contributed by atoms with Gasteiger partial charge in [-0.15, -0.1) is 0 Å². The Morgan fingerprint density at radius 2 is 2.00 bits per heavy atom. The summed E-state index contributed by atoms with van der Waals surface area (Å²) in [5.74, 6) is 0.410. The van der Waals surface area contributed by atoms with Crippen molar-refractivity contribution in [2.45, 2.75) is 18.9 Å². The Labute approximate surface area is 111 Å². The topological polar surface area (TPSA) is 29.5 Å². The molecule has 3 rings (SSSR count). The van der Waals surface area contributed by atoms with Gasteiger partial charge in [0.05, 0.1) is 6.61 Å². The molecule has 19 heavy (non-hydrogen) atoms. The Hall–Kier alpha value is -1.87. The molecule has 98 valence electrons. The molecule has 1 aliphatic heterocycles. The fourth-order valence-corrected chi connectivity index (χ4v) is 2.49. The minimum atomic E-state index is -0.858. The van der Waals surface area contributed by atoms with Crippen LogP contribution in [0.2, 0.25) is 0 Å². The molecule has 1 unspecified atom stereocenters. The number of benzene rings is 2. The molecule has 1 heterocycles. The highest BCUT2D eigenvalue weighted by Gasteiger charge is 2.20. The van der Waals surface area contributed by atoms with Gasteiger partial charge in [0.1, 0.15) is 17.7 Å². The third kappa shape index (κ3) is 2.34. The summed E-state index contributed by atoms with van der Waals surface area (Å²) in [6.07, 6.45) is 1.09. The van der Waals surface area contributed by atoms with Gasteiger partial charge in [0.25, 0.3) is 0 Å². The molecule has 2 nitrogen and oxygen atoms in total. The predicted molar refractivity (Wildman–Crippen MR) is 70.7 cm³/mol. The van der Waals surface area contributed by atoms with Gasteiger partial charge in [0, 0.05) is 5.56 Å². The molecular formula is C16H15FO2. The summed E-state index contributed by atoms with van der Waals surface area (Å²) in [7, 11) is 0. The van der Waals surface area contributed by atoms with Crippen LogP contribution in [0, 0.1) is 5.82 Å². The van der Waals surface area contributed by atoms with E-state index in [1.165, 1.54) is 12.1 Å². The first-order valence-corrected chi connectivity index (χ1v) is 6.44. The molecule has 1 N–H and O–H groups in total. The quantitative estimate of drug-likeness (QED) is 0.896. The van der Waals surface area contributed by atoms with Crippen LogP contribution in [0.25, 0.3) is 0 Å². The highest BCUT2D eigenvalue weighted by molar-refractivity contribution is 5.46. The van der Waals surface area contributed by atoms with E-state index in [-0.39, 0.29) is 5.82 Å². The molecule has 2 aromatic carbocycles. The normalized spacial score (nSPS) is 15.5. The lowest BCUT2D eigenvalue weighted by molar-refractivity contribution is 0.206. The minimum Gasteiger partial charge on any atom is -0.493 e. The fourth-order valence-electron chi connectivity index (χ4n) is 2.49. The molecule has 0 spiro atoms. The maximum Gasteiger partial charge on any atom is 0.128 e. The number of hydrogen-bond donors (Lipinski definition) is 1. The number of halogens is 1. The zero-order valence-corrected chi connectivity index (χ0v) is 10.5. The van der Waals surface area contributed by atoms with Gasteiger partial charge in [0.2, 0.25) is 0 Å². The largest absolute Gasteiger partial charge is 0.493 e. The van der Waals surface area contributed by atoms with Gasteiger partial charge in [-0.1, -0.05) is 30.3 Å². The fraction of sp³-hybridized carbons (Fsp3) is 0.250. The standard InChI is InChI=1S/C16H15FO2/c17-13-7-1-5-12(10-13)15(18)14-8-2-4-11-6-3-9-19-16(11)14/h1-2,4-5,7-8,10,15,18H,3,6,9H2. The molecule has 0 fully saturated rings. The van der Waals surface area contributed by atoms with Crippen LogP contribution >= 0.6 is 0 Å². The van der Waals surface area contributed by atoms with Crippen LogP contribution in [0.5, 0.6) is 5.75 Å². The summed E-state index contributed by atoms with van der Waals surface area (Å²) in [5.41, 5.74) is 2.37. The Kier molecular flexibility index (Phi) is 3.22.